The van der Waals surface area contributed by atoms with Crippen LogP contribution in [-0.4, -0.2) is 17.0 Å². The largest absolute Gasteiger partial charge is 0.477 e. The fourth-order valence-electron chi connectivity index (χ4n) is 1.67. The number of nitrogens with one attached hydrogen (secondary N) is 1. The van der Waals surface area contributed by atoms with Gasteiger partial charge in [0.1, 0.15) is 10.7 Å². The highest BCUT2D eigenvalue weighted by Crippen LogP contribution is 2.27. The van der Waals surface area contributed by atoms with E-state index in [1.165, 1.54) is 36.4 Å². The molecule has 0 fully saturated rings. The van der Waals surface area contributed by atoms with Crippen molar-refractivity contribution in [1.29, 1.82) is 0 Å². The summed E-state index contributed by atoms with van der Waals surface area (Å²) in [5, 5.41) is 13.3. The molecule has 0 saturated heterocycles. The summed E-state index contributed by atoms with van der Waals surface area (Å²) in [4.78, 5) is 22.9. The van der Waals surface area contributed by atoms with Crippen molar-refractivity contribution in [3.8, 4) is 0 Å². The fourth-order valence-corrected chi connectivity index (χ4v) is 2.51. The topological polar surface area (TPSA) is 66.4 Å². The van der Waals surface area contributed by atoms with E-state index in [1.807, 2.05) is 0 Å². The van der Waals surface area contributed by atoms with Gasteiger partial charge in [0.05, 0.1) is 5.69 Å². The fraction of sp³-hybridized carbons (Fsp3) is 0.0667. The number of aryl methyl sites for hydroxylation is 1. The highest BCUT2D eigenvalue weighted by atomic mass is 32.1. The molecule has 0 spiro atoms. The molecule has 0 atom stereocenters. The van der Waals surface area contributed by atoms with Gasteiger partial charge < -0.3 is 10.4 Å². The van der Waals surface area contributed by atoms with E-state index in [1.54, 1.807) is 12.3 Å². The minimum Gasteiger partial charge on any atom is -0.477 e. The van der Waals surface area contributed by atoms with Crippen molar-refractivity contribution in [1.82, 2.24) is 0 Å². The molecule has 0 bridgehead atoms. The summed E-state index contributed by atoms with van der Waals surface area (Å²) >= 11 is 1.06. The zero-order chi connectivity index (χ0) is 15.4. The van der Waals surface area contributed by atoms with Crippen molar-refractivity contribution in [2.24, 2.45) is 0 Å². The van der Waals surface area contributed by atoms with Crippen LogP contribution in [0, 0.1) is 12.7 Å². The number of anilines is 1. The number of hydrogen-bond acceptors (Lipinski definition) is 3. The highest BCUT2D eigenvalue weighted by Gasteiger charge is 2.16. The third-order valence-electron chi connectivity index (χ3n) is 2.71. The summed E-state index contributed by atoms with van der Waals surface area (Å²) in [6.45, 7) is 1.72. The molecule has 0 unspecified atom stereocenters. The Morgan fingerprint density at radius 1 is 1.29 bits per heavy atom. The Morgan fingerprint density at radius 2 is 1.95 bits per heavy atom. The lowest BCUT2D eigenvalue weighted by Gasteiger charge is -2.03. The van der Waals surface area contributed by atoms with Crippen molar-refractivity contribution in [3.63, 3.8) is 0 Å². The minimum absolute atomic E-state index is 0.0935. The lowest BCUT2D eigenvalue weighted by atomic mass is 10.2. The Bertz CT molecular complexity index is 704. The molecule has 0 saturated carbocycles. The number of hydrogen-bond donors (Lipinski definition) is 2. The van der Waals surface area contributed by atoms with Gasteiger partial charge in [0.2, 0.25) is 5.91 Å². The number of carboxylic acid groups (broad SMARTS) is 1. The first-order valence-corrected chi connectivity index (χ1v) is 6.91. The molecule has 1 aromatic heterocycles. The van der Waals surface area contributed by atoms with Crippen molar-refractivity contribution in [2.75, 3.05) is 5.32 Å². The molecule has 6 heteroatoms. The first kappa shape index (κ1) is 14.9. The smallest absolute Gasteiger partial charge is 0.348 e. The predicted octanol–water partition coefficient (Wildman–Crippen LogP) is 3.55. The van der Waals surface area contributed by atoms with Crippen LogP contribution in [-0.2, 0) is 4.79 Å². The normalized spacial score (nSPS) is 10.8. The van der Waals surface area contributed by atoms with E-state index in [0.717, 1.165) is 11.3 Å². The maximum Gasteiger partial charge on any atom is 0.348 e. The zero-order valence-electron chi connectivity index (χ0n) is 11.1. The van der Waals surface area contributed by atoms with Gasteiger partial charge in [-0.3, -0.25) is 4.79 Å². The Morgan fingerprint density at radius 3 is 2.57 bits per heavy atom. The van der Waals surface area contributed by atoms with Crippen LogP contribution in [0.2, 0.25) is 0 Å². The second kappa shape index (κ2) is 6.32. The summed E-state index contributed by atoms with van der Waals surface area (Å²) in [5.74, 6) is -1.87. The number of carbonyl (C=O) groups excluding carboxylic acids is 1. The van der Waals surface area contributed by atoms with E-state index in [4.69, 9.17) is 5.11 Å². The molecule has 21 heavy (non-hydrogen) atoms. The van der Waals surface area contributed by atoms with Gasteiger partial charge in [-0.05, 0) is 41.6 Å². The SMILES string of the molecule is Cc1csc(C(=O)O)c1NC(=O)/C=C/c1ccc(F)cc1. The van der Waals surface area contributed by atoms with Crippen molar-refractivity contribution < 1.29 is 19.1 Å². The summed E-state index contributed by atoms with van der Waals surface area (Å²) in [6.07, 6.45) is 2.80. The van der Waals surface area contributed by atoms with E-state index < -0.39 is 11.9 Å². The second-order valence-electron chi connectivity index (χ2n) is 4.30. The second-order valence-corrected chi connectivity index (χ2v) is 5.18. The zero-order valence-corrected chi connectivity index (χ0v) is 11.9. The summed E-state index contributed by atoms with van der Waals surface area (Å²) in [5.41, 5.74) is 1.68. The molecule has 0 aliphatic carbocycles. The quantitative estimate of drug-likeness (QED) is 0.849. The molecule has 2 rings (SSSR count). The maximum absolute atomic E-state index is 12.7. The number of rotatable bonds is 4. The molecular weight excluding hydrogens is 293 g/mol. The average Bonchev–Trinajstić information content (AvgIpc) is 2.80. The summed E-state index contributed by atoms with van der Waals surface area (Å²) < 4.78 is 12.7. The Labute approximate surface area is 124 Å². The molecule has 2 N–H and O–H groups in total. The molecule has 0 aliphatic rings. The van der Waals surface area contributed by atoms with Crippen LogP contribution in [0.1, 0.15) is 20.8 Å². The van der Waals surface area contributed by atoms with Gasteiger partial charge in [-0.25, -0.2) is 9.18 Å². The number of amides is 1. The predicted molar refractivity (Wildman–Crippen MR) is 80.1 cm³/mol. The molecule has 1 aromatic carbocycles. The highest BCUT2D eigenvalue weighted by molar-refractivity contribution is 7.12. The van der Waals surface area contributed by atoms with Gasteiger partial charge in [-0.2, -0.15) is 0 Å². The number of thiophene rings is 1. The number of carbonyl (C=O) groups is 2. The third-order valence-corrected chi connectivity index (χ3v) is 3.80. The van der Waals surface area contributed by atoms with Gasteiger partial charge in [-0.1, -0.05) is 12.1 Å². The van der Waals surface area contributed by atoms with Gasteiger partial charge in [0.15, 0.2) is 0 Å². The molecule has 0 radical (unpaired) electrons. The van der Waals surface area contributed by atoms with Crippen LogP contribution in [0.5, 0.6) is 0 Å². The molecule has 4 nitrogen and oxygen atoms in total. The molecule has 1 heterocycles. The van der Waals surface area contributed by atoms with Crippen molar-refractivity contribution in [3.05, 3.63) is 57.5 Å². The molecule has 108 valence electrons. The summed E-state index contributed by atoms with van der Waals surface area (Å²) in [7, 11) is 0. The number of carboxylic acids is 1. The Hall–Kier alpha value is -2.47. The van der Waals surface area contributed by atoms with Crippen LogP contribution in [0.3, 0.4) is 0 Å². The van der Waals surface area contributed by atoms with Gasteiger partial charge in [-0.15, -0.1) is 11.3 Å². The van der Waals surface area contributed by atoms with Crippen LogP contribution >= 0.6 is 11.3 Å². The van der Waals surface area contributed by atoms with Crippen LogP contribution in [0.4, 0.5) is 10.1 Å². The van der Waals surface area contributed by atoms with E-state index >= 15 is 0 Å². The third kappa shape index (κ3) is 3.76. The van der Waals surface area contributed by atoms with Gasteiger partial charge in [0.25, 0.3) is 0 Å². The lowest BCUT2D eigenvalue weighted by Crippen LogP contribution is -2.11. The van der Waals surface area contributed by atoms with E-state index in [-0.39, 0.29) is 10.7 Å². The van der Waals surface area contributed by atoms with Gasteiger partial charge in [0, 0.05) is 6.08 Å². The number of benzene rings is 1. The monoisotopic (exact) mass is 305 g/mol. The number of aromatic carboxylic acids is 1. The molecular formula is C15H12FNO3S. The first-order chi connectivity index (χ1) is 9.97. The molecule has 1 amide bonds. The van der Waals surface area contributed by atoms with E-state index in [2.05, 4.69) is 5.32 Å². The van der Waals surface area contributed by atoms with E-state index in [0.29, 0.717) is 16.8 Å². The lowest BCUT2D eigenvalue weighted by molar-refractivity contribution is -0.111. The number of halogens is 1. The minimum atomic E-state index is -1.08. The maximum atomic E-state index is 12.7. The molecule has 0 aliphatic heterocycles. The van der Waals surface area contributed by atoms with Crippen molar-refractivity contribution >= 4 is 35.0 Å². The average molecular weight is 305 g/mol. The Kier molecular flexibility index (Phi) is 4.49. The van der Waals surface area contributed by atoms with Crippen LogP contribution in [0.15, 0.2) is 35.7 Å². The van der Waals surface area contributed by atoms with E-state index in [9.17, 15) is 14.0 Å². The standard InChI is InChI=1S/C15H12FNO3S/c1-9-8-21-14(15(19)20)13(9)17-12(18)7-4-10-2-5-11(16)6-3-10/h2-8H,1H3,(H,17,18)(H,19,20)/b7-4+. The van der Waals surface area contributed by atoms with Gasteiger partial charge >= 0.3 is 5.97 Å². The van der Waals surface area contributed by atoms with Crippen LogP contribution in [0.25, 0.3) is 6.08 Å². The summed E-state index contributed by atoms with van der Waals surface area (Å²) in [6, 6.07) is 5.67. The van der Waals surface area contributed by atoms with Crippen LogP contribution < -0.4 is 5.32 Å². The van der Waals surface area contributed by atoms with Crippen molar-refractivity contribution in [2.45, 2.75) is 6.92 Å². The molecule has 2 aromatic rings. The first-order valence-electron chi connectivity index (χ1n) is 6.03. The Balaban J connectivity index is 2.10.